The van der Waals surface area contributed by atoms with Gasteiger partial charge in [0.2, 0.25) is 0 Å². The predicted molar refractivity (Wildman–Crippen MR) is 111 cm³/mol. The number of halogens is 2. The lowest BCUT2D eigenvalue weighted by Crippen LogP contribution is -2.51. The highest BCUT2D eigenvalue weighted by atomic mass is 19.3. The van der Waals surface area contributed by atoms with Gasteiger partial charge in [0.25, 0.3) is 12.0 Å². The zero-order chi connectivity index (χ0) is 20.4. The molecule has 1 unspecified atom stereocenters. The summed E-state index contributed by atoms with van der Waals surface area (Å²) in [6.45, 7) is 5.62. The van der Waals surface area contributed by atoms with Crippen LogP contribution in [0.1, 0.15) is 19.3 Å². The summed E-state index contributed by atoms with van der Waals surface area (Å²) in [5, 5.41) is 0.385. The molecule has 0 bridgehead atoms. The van der Waals surface area contributed by atoms with E-state index in [1.54, 1.807) is 6.07 Å². The Bertz CT molecular complexity index is 894. The first-order valence-electron chi connectivity index (χ1n) is 10.5. The van der Waals surface area contributed by atoms with Crippen molar-refractivity contribution in [3.05, 3.63) is 34.9 Å². The first-order valence-corrected chi connectivity index (χ1v) is 10.5. The number of hydrogen-bond donors (Lipinski definition) is 0. The minimum absolute atomic E-state index is 0.385. The monoisotopic (exact) mass is 405 g/mol. The van der Waals surface area contributed by atoms with Crippen LogP contribution in [-0.4, -0.2) is 78.1 Å². The molecule has 1 aromatic carbocycles. The van der Waals surface area contributed by atoms with Gasteiger partial charge in [-0.25, -0.2) is 13.8 Å². The van der Waals surface area contributed by atoms with Gasteiger partial charge in [-0.05, 0) is 44.6 Å². The number of fused-ring (bicyclic) bond motifs is 1. The molecule has 6 nitrogen and oxygen atoms in total. The Morgan fingerprint density at radius 3 is 2.66 bits per heavy atom. The summed E-state index contributed by atoms with van der Waals surface area (Å²) in [5.41, 5.74) is 1.18. The van der Waals surface area contributed by atoms with E-state index in [0.29, 0.717) is 16.9 Å². The van der Waals surface area contributed by atoms with Crippen molar-refractivity contribution in [3.63, 3.8) is 0 Å². The maximum atomic E-state index is 12.6. The van der Waals surface area contributed by atoms with E-state index in [4.69, 9.17) is 0 Å². The van der Waals surface area contributed by atoms with E-state index in [1.807, 2.05) is 12.1 Å². The van der Waals surface area contributed by atoms with Gasteiger partial charge in [-0.1, -0.05) is 6.42 Å². The van der Waals surface area contributed by atoms with Crippen molar-refractivity contribution in [2.45, 2.75) is 38.3 Å². The van der Waals surface area contributed by atoms with E-state index in [-0.39, 0.29) is 0 Å². The number of piperidine rings is 1. The number of alkyl halides is 2. The largest absolute Gasteiger partial charge is 0.369 e. The van der Waals surface area contributed by atoms with Crippen LogP contribution in [0.25, 0.3) is 10.9 Å². The molecule has 0 saturated carbocycles. The second-order valence-corrected chi connectivity index (χ2v) is 8.21. The summed E-state index contributed by atoms with van der Waals surface area (Å²) in [5.74, 6) is 0. The number of piperazine rings is 1. The van der Waals surface area contributed by atoms with E-state index < -0.39 is 18.5 Å². The lowest BCUT2D eigenvalue weighted by atomic mass is 10.0. The highest BCUT2D eigenvalue weighted by Crippen LogP contribution is 2.22. The van der Waals surface area contributed by atoms with Crippen LogP contribution in [0.15, 0.2) is 29.3 Å². The van der Waals surface area contributed by atoms with Gasteiger partial charge in [-0.3, -0.25) is 14.3 Å². The molecule has 0 amide bonds. The molecule has 0 radical (unpaired) electrons. The smallest absolute Gasteiger partial charge is 0.261 e. The molecule has 0 aliphatic carbocycles. The molecule has 2 aliphatic rings. The maximum Gasteiger partial charge on any atom is 0.261 e. The zero-order valence-electron chi connectivity index (χ0n) is 16.9. The summed E-state index contributed by atoms with van der Waals surface area (Å²) in [6, 6.07) is 6.18. The third kappa shape index (κ3) is 4.59. The lowest BCUT2D eigenvalue weighted by molar-refractivity contribution is 0.124. The van der Waals surface area contributed by atoms with Crippen molar-refractivity contribution in [3.8, 4) is 0 Å². The van der Waals surface area contributed by atoms with Gasteiger partial charge in [-0.2, -0.15) is 0 Å². The quantitative estimate of drug-likeness (QED) is 0.764. The van der Waals surface area contributed by atoms with Crippen LogP contribution in [0.3, 0.4) is 0 Å². The summed E-state index contributed by atoms with van der Waals surface area (Å²) in [4.78, 5) is 24.0. The van der Waals surface area contributed by atoms with Crippen LogP contribution in [-0.2, 0) is 6.54 Å². The van der Waals surface area contributed by atoms with Crippen LogP contribution < -0.4 is 10.5 Å². The normalized spacial score (nSPS) is 21.9. The van der Waals surface area contributed by atoms with Crippen LogP contribution >= 0.6 is 0 Å². The second kappa shape index (κ2) is 8.75. The first kappa shape index (κ1) is 20.2. The summed E-state index contributed by atoms with van der Waals surface area (Å²) < 4.78 is 26.2. The molecule has 29 heavy (non-hydrogen) atoms. The number of likely N-dealkylation sites (N-methyl/N-ethyl adjacent to an activating group) is 1. The average molecular weight is 405 g/mol. The number of benzene rings is 1. The fourth-order valence-corrected chi connectivity index (χ4v) is 4.48. The summed E-state index contributed by atoms with van der Waals surface area (Å²) in [6.07, 6.45) is 2.58. The van der Waals surface area contributed by atoms with Gasteiger partial charge in [0, 0.05) is 44.5 Å². The van der Waals surface area contributed by atoms with Crippen molar-refractivity contribution < 1.29 is 8.78 Å². The van der Waals surface area contributed by atoms with Crippen molar-refractivity contribution >= 4 is 16.6 Å². The summed E-state index contributed by atoms with van der Waals surface area (Å²) >= 11 is 0. The minimum atomic E-state index is -2.57. The highest BCUT2D eigenvalue weighted by Gasteiger charge is 2.24. The lowest BCUT2D eigenvalue weighted by Gasteiger charge is -2.40. The van der Waals surface area contributed by atoms with Gasteiger partial charge < -0.3 is 9.80 Å². The average Bonchev–Trinajstić information content (AvgIpc) is 2.72. The fraction of sp³-hybridized carbons (Fsp3) is 0.619. The molecule has 1 aromatic heterocycles. The number of nitrogens with zero attached hydrogens (tertiary/aromatic N) is 5. The Balaban J connectivity index is 1.41. The third-order valence-corrected chi connectivity index (χ3v) is 6.27. The van der Waals surface area contributed by atoms with E-state index in [0.717, 1.165) is 43.0 Å². The molecule has 0 spiro atoms. The number of hydrogen-bond acceptors (Lipinski definition) is 5. The zero-order valence-corrected chi connectivity index (χ0v) is 16.9. The van der Waals surface area contributed by atoms with E-state index in [9.17, 15) is 13.6 Å². The SMILES string of the molecule is CN1CCCCC1CN1CCN(c2ccc3c(=O)n(CC(F)F)cnc3c2)CC1. The van der Waals surface area contributed by atoms with Crippen LogP contribution in [0.5, 0.6) is 0 Å². The molecule has 2 aromatic rings. The molecule has 3 heterocycles. The Morgan fingerprint density at radius 1 is 1.14 bits per heavy atom. The van der Waals surface area contributed by atoms with E-state index in [1.165, 1.54) is 32.1 Å². The highest BCUT2D eigenvalue weighted by molar-refractivity contribution is 5.81. The van der Waals surface area contributed by atoms with Gasteiger partial charge in [0.1, 0.15) is 0 Å². The number of likely N-dealkylation sites (tertiary alicyclic amines) is 1. The van der Waals surface area contributed by atoms with Crippen molar-refractivity contribution in [1.82, 2.24) is 19.4 Å². The van der Waals surface area contributed by atoms with Crippen LogP contribution in [0, 0.1) is 0 Å². The Labute approximate surface area is 169 Å². The molecule has 158 valence electrons. The first-order chi connectivity index (χ1) is 14.0. The van der Waals surface area contributed by atoms with Crippen molar-refractivity contribution in [1.29, 1.82) is 0 Å². The molecule has 8 heteroatoms. The molecule has 2 saturated heterocycles. The number of aromatic nitrogens is 2. The van der Waals surface area contributed by atoms with Crippen LogP contribution in [0.4, 0.5) is 14.5 Å². The topological polar surface area (TPSA) is 44.6 Å². The van der Waals surface area contributed by atoms with Crippen LogP contribution in [0.2, 0.25) is 0 Å². The fourth-order valence-electron chi connectivity index (χ4n) is 4.48. The minimum Gasteiger partial charge on any atom is -0.369 e. The van der Waals surface area contributed by atoms with E-state index in [2.05, 4.69) is 26.7 Å². The Morgan fingerprint density at radius 2 is 1.93 bits per heavy atom. The Hall–Kier alpha value is -2.06. The van der Waals surface area contributed by atoms with Gasteiger partial charge in [0.05, 0.1) is 23.8 Å². The van der Waals surface area contributed by atoms with E-state index >= 15 is 0 Å². The molecular weight excluding hydrogens is 376 g/mol. The molecule has 2 aliphatic heterocycles. The molecular formula is C21H29F2N5O. The maximum absolute atomic E-state index is 12.6. The molecule has 4 rings (SSSR count). The van der Waals surface area contributed by atoms with Crippen molar-refractivity contribution in [2.24, 2.45) is 0 Å². The molecule has 2 fully saturated rings. The van der Waals surface area contributed by atoms with Gasteiger partial charge in [0.15, 0.2) is 0 Å². The molecule has 0 N–H and O–H groups in total. The van der Waals surface area contributed by atoms with Crippen molar-refractivity contribution in [2.75, 3.05) is 51.2 Å². The second-order valence-electron chi connectivity index (χ2n) is 8.21. The van der Waals surface area contributed by atoms with Gasteiger partial charge >= 0.3 is 0 Å². The molecule has 1 atom stereocenters. The predicted octanol–water partition coefficient (Wildman–Crippen LogP) is 2.27. The third-order valence-electron chi connectivity index (χ3n) is 6.27. The number of rotatable bonds is 5. The standard InChI is InChI=1S/C21H29F2N5O/c1-25-7-3-2-4-17(25)13-26-8-10-27(11-9-26)16-5-6-18-19(12-16)24-15-28(21(18)29)14-20(22)23/h5-6,12,15,17,20H,2-4,7-11,13-14H2,1H3. The number of anilines is 1. The van der Waals surface area contributed by atoms with Gasteiger partial charge in [-0.15, -0.1) is 0 Å². The Kier molecular flexibility index (Phi) is 6.10. The summed E-state index contributed by atoms with van der Waals surface area (Å²) in [7, 11) is 2.23.